The standard InChI is InChI=1S/C16H20N2OS3/c1-2-19-14-7-5-13(6-8-14)18-16(20)17-9-11-21-12-15-4-3-10-22-15/h3-8,10H,2,9,11-12H2,1H3,(H2,17,18,20). The van der Waals surface area contributed by atoms with Gasteiger partial charge in [0.1, 0.15) is 5.75 Å². The van der Waals surface area contributed by atoms with Crippen LogP contribution in [0.4, 0.5) is 5.69 Å². The quantitative estimate of drug-likeness (QED) is 0.545. The summed E-state index contributed by atoms with van der Waals surface area (Å²) in [5, 5.41) is 9.16. The van der Waals surface area contributed by atoms with Gasteiger partial charge in [-0.2, -0.15) is 11.8 Å². The number of ether oxygens (including phenoxy) is 1. The Morgan fingerprint density at radius 3 is 2.77 bits per heavy atom. The van der Waals surface area contributed by atoms with Crippen LogP contribution in [0.1, 0.15) is 11.8 Å². The Morgan fingerprint density at radius 2 is 2.09 bits per heavy atom. The van der Waals surface area contributed by atoms with Gasteiger partial charge in [0.05, 0.1) is 6.61 Å². The van der Waals surface area contributed by atoms with Gasteiger partial charge in [-0.1, -0.05) is 6.07 Å². The Labute approximate surface area is 145 Å². The van der Waals surface area contributed by atoms with Gasteiger partial charge in [0, 0.05) is 28.6 Å². The van der Waals surface area contributed by atoms with E-state index in [2.05, 4.69) is 28.1 Å². The Kier molecular flexibility index (Phi) is 7.56. The number of thiocarbonyl (C=S) groups is 1. The molecule has 2 N–H and O–H groups in total. The average molecular weight is 353 g/mol. The number of benzene rings is 1. The van der Waals surface area contributed by atoms with Crippen LogP contribution in [0.25, 0.3) is 0 Å². The first-order valence-corrected chi connectivity index (χ1v) is 9.60. The molecule has 3 nitrogen and oxygen atoms in total. The molecule has 0 spiro atoms. The maximum absolute atomic E-state index is 5.41. The van der Waals surface area contributed by atoms with E-state index in [1.54, 1.807) is 11.3 Å². The van der Waals surface area contributed by atoms with Crippen molar-refractivity contribution < 1.29 is 4.74 Å². The van der Waals surface area contributed by atoms with Crippen LogP contribution in [0.15, 0.2) is 41.8 Å². The second-order valence-electron chi connectivity index (χ2n) is 4.47. The molecule has 0 bridgehead atoms. The highest BCUT2D eigenvalue weighted by atomic mass is 32.2. The van der Waals surface area contributed by atoms with Crippen LogP contribution in [0, 0.1) is 0 Å². The molecule has 22 heavy (non-hydrogen) atoms. The predicted molar refractivity (Wildman–Crippen MR) is 102 cm³/mol. The Bertz CT molecular complexity index is 555. The van der Waals surface area contributed by atoms with Crippen molar-refractivity contribution in [2.45, 2.75) is 12.7 Å². The van der Waals surface area contributed by atoms with Crippen molar-refractivity contribution in [1.82, 2.24) is 5.32 Å². The predicted octanol–water partition coefficient (Wildman–Crippen LogP) is 4.37. The molecule has 0 fully saturated rings. The van der Waals surface area contributed by atoms with Crippen molar-refractivity contribution in [3.05, 3.63) is 46.7 Å². The molecular formula is C16H20N2OS3. The third-order valence-corrected chi connectivity index (χ3v) is 5.09. The van der Waals surface area contributed by atoms with Gasteiger partial charge in [0.2, 0.25) is 0 Å². The lowest BCUT2D eigenvalue weighted by Crippen LogP contribution is -2.30. The molecule has 0 saturated heterocycles. The number of anilines is 1. The molecule has 0 aliphatic rings. The van der Waals surface area contributed by atoms with Crippen molar-refractivity contribution in [3.63, 3.8) is 0 Å². The Hall–Kier alpha value is -1.24. The molecule has 0 unspecified atom stereocenters. The molecule has 0 saturated carbocycles. The minimum absolute atomic E-state index is 0.654. The summed E-state index contributed by atoms with van der Waals surface area (Å²) >= 11 is 9.00. The van der Waals surface area contributed by atoms with E-state index in [4.69, 9.17) is 17.0 Å². The van der Waals surface area contributed by atoms with Crippen molar-refractivity contribution >= 4 is 46.1 Å². The lowest BCUT2D eigenvalue weighted by molar-refractivity contribution is 0.340. The van der Waals surface area contributed by atoms with E-state index in [-0.39, 0.29) is 0 Å². The molecule has 0 amide bonds. The summed E-state index contributed by atoms with van der Waals surface area (Å²) in [5.74, 6) is 2.97. The number of rotatable bonds is 8. The van der Waals surface area contributed by atoms with Gasteiger partial charge >= 0.3 is 0 Å². The fourth-order valence-corrected chi connectivity index (χ4v) is 3.70. The van der Waals surface area contributed by atoms with Gasteiger partial charge < -0.3 is 15.4 Å². The second kappa shape index (κ2) is 9.71. The first-order valence-electron chi connectivity index (χ1n) is 7.16. The topological polar surface area (TPSA) is 33.3 Å². The fraction of sp³-hybridized carbons (Fsp3) is 0.312. The smallest absolute Gasteiger partial charge is 0.170 e. The highest BCUT2D eigenvalue weighted by Crippen LogP contribution is 2.17. The Balaban J connectivity index is 1.60. The number of nitrogens with one attached hydrogen (secondary N) is 2. The van der Waals surface area contributed by atoms with Gasteiger partial charge in [-0.05, 0) is 54.9 Å². The lowest BCUT2D eigenvalue weighted by atomic mass is 10.3. The summed E-state index contributed by atoms with van der Waals surface area (Å²) in [4.78, 5) is 1.42. The molecule has 1 aromatic heterocycles. The van der Waals surface area contributed by atoms with Crippen LogP contribution in [0.5, 0.6) is 5.75 Å². The van der Waals surface area contributed by atoms with Gasteiger partial charge in [-0.3, -0.25) is 0 Å². The summed E-state index contributed by atoms with van der Waals surface area (Å²) in [6.45, 7) is 3.51. The van der Waals surface area contributed by atoms with E-state index < -0.39 is 0 Å². The molecule has 0 aliphatic carbocycles. The molecule has 1 aromatic carbocycles. The van der Waals surface area contributed by atoms with Crippen LogP contribution in [0.2, 0.25) is 0 Å². The van der Waals surface area contributed by atoms with Gasteiger partial charge in [-0.25, -0.2) is 0 Å². The third kappa shape index (κ3) is 6.25. The molecule has 6 heteroatoms. The molecular weight excluding hydrogens is 332 g/mol. The molecule has 2 aromatic rings. The second-order valence-corrected chi connectivity index (χ2v) is 7.02. The molecule has 0 aliphatic heterocycles. The van der Waals surface area contributed by atoms with Crippen molar-refractivity contribution in [2.24, 2.45) is 0 Å². The highest BCUT2D eigenvalue weighted by molar-refractivity contribution is 7.98. The maximum atomic E-state index is 5.41. The minimum atomic E-state index is 0.654. The zero-order valence-corrected chi connectivity index (χ0v) is 15.0. The van der Waals surface area contributed by atoms with Crippen molar-refractivity contribution in [2.75, 3.05) is 24.2 Å². The first-order chi connectivity index (χ1) is 10.8. The SMILES string of the molecule is CCOc1ccc(NC(=S)NCCSCc2cccs2)cc1. The molecule has 2 rings (SSSR count). The van der Waals surface area contributed by atoms with Crippen LogP contribution in [-0.2, 0) is 5.75 Å². The maximum Gasteiger partial charge on any atom is 0.170 e. The normalized spacial score (nSPS) is 10.2. The Morgan fingerprint density at radius 1 is 1.27 bits per heavy atom. The van der Waals surface area contributed by atoms with Crippen molar-refractivity contribution in [1.29, 1.82) is 0 Å². The molecule has 0 atom stereocenters. The fourth-order valence-electron chi connectivity index (χ4n) is 1.78. The van der Waals surface area contributed by atoms with Crippen molar-refractivity contribution in [3.8, 4) is 5.75 Å². The zero-order valence-electron chi connectivity index (χ0n) is 12.5. The van der Waals surface area contributed by atoms with Crippen LogP contribution in [0.3, 0.4) is 0 Å². The summed E-state index contributed by atoms with van der Waals surface area (Å²) < 4.78 is 5.41. The monoisotopic (exact) mass is 352 g/mol. The number of hydrogen-bond acceptors (Lipinski definition) is 4. The van der Waals surface area contributed by atoms with Gasteiger partial charge in [0.15, 0.2) is 5.11 Å². The van der Waals surface area contributed by atoms with E-state index in [1.807, 2.05) is 43.0 Å². The van der Waals surface area contributed by atoms with Gasteiger partial charge in [-0.15, -0.1) is 11.3 Å². The third-order valence-electron chi connectivity index (χ3n) is 2.78. The molecule has 118 valence electrons. The van der Waals surface area contributed by atoms with E-state index >= 15 is 0 Å². The minimum Gasteiger partial charge on any atom is -0.494 e. The van der Waals surface area contributed by atoms with E-state index in [9.17, 15) is 0 Å². The first kappa shape index (κ1) is 17.1. The number of thioether (sulfide) groups is 1. The number of hydrogen-bond donors (Lipinski definition) is 2. The van der Waals surface area contributed by atoms with Crippen LogP contribution >= 0.6 is 35.3 Å². The van der Waals surface area contributed by atoms with Crippen LogP contribution < -0.4 is 15.4 Å². The van der Waals surface area contributed by atoms with E-state index in [1.165, 1.54) is 4.88 Å². The van der Waals surface area contributed by atoms with Gasteiger partial charge in [0.25, 0.3) is 0 Å². The summed E-state index contributed by atoms with van der Waals surface area (Å²) in [7, 11) is 0. The highest BCUT2D eigenvalue weighted by Gasteiger charge is 1.99. The van der Waals surface area contributed by atoms with E-state index in [0.29, 0.717) is 11.7 Å². The zero-order chi connectivity index (χ0) is 15.6. The largest absolute Gasteiger partial charge is 0.494 e. The lowest BCUT2D eigenvalue weighted by Gasteiger charge is -2.11. The summed E-state index contributed by atoms with van der Waals surface area (Å²) in [5.41, 5.74) is 0.965. The molecule has 0 radical (unpaired) electrons. The summed E-state index contributed by atoms with van der Waals surface area (Å²) in [6.07, 6.45) is 0. The number of thiophene rings is 1. The average Bonchev–Trinajstić information content (AvgIpc) is 3.02. The molecule has 1 heterocycles. The van der Waals surface area contributed by atoms with Crippen LogP contribution in [-0.4, -0.2) is 24.0 Å². The summed E-state index contributed by atoms with van der Waals surface area (Å²) in [6, 6.07) is 12.1. The van der Waals surface area contributed by atoms with E-state index in [0.717, 1.165) is 29.5 Å².